The van der Waals surface area contributed by atoms with E-state index in [4.69, 9.17) is 9.15 Å². The van der Waals surface area contributed by atoms with Crippen LogP contribution in [0, 0.1) is 6.92 Å². The van der Waals surface area contributed by atoms with Crippen LogP contribution in [0.15, 0.2) is 94.1 Å². The minimum atomic E-state index is -0.420. The molecule has 150 valence electrons. The summed E-state index contributed by atoms with van der Waals surface area (Å²) in [6.07, 6.45) is 0. The van der Waals surface area contributed by atoms with E-state index in [1.165, 1.54) is 6.07 Å². The fourth-order valence-corrected chi connectivity index (χ4v) is 3.13. The van der Waals surface area contributed by atoms with Crippen LogP contribution in [0.5, 0.6) is 5.75 Å². The molecule has 1 N–H and O–H groups in total. The standard InChI is InChI=1S/C24H20N2O4/c1-17-14-24(28)30-22-15-20(12-13-21(17)22)29-16-23(27)25-26(18-8-4-2-5-9-18)19-10-6-3-7-11-19/h2-15H,16H2,1H3,(H,25,27). The van der Waals surface area contributed by atoms with Crippen molar-refractivity contribution in [3.63, 3.8) is 0 Å². The van der Waals surface area contributed by atoms with Crippen molar-refractivity contribution < 1.29 is 13.9 Å². The summed E-state index contributed by atoms with van der Waals surface area (Å²) in [4.78, 5) is 24.2. The number of hydrogen-bond donors (Lipinski definition) is 1. The number of nitrogens with one attached hydrogen (secondary N) is 1. The second-order valence-corrected chi connectivity index (χ2v) is 6.74. The molecule has 1 amide bonds. The number of para-hydroxylation sites is 2. The van der Waals surface area contributed by atoms with Crippen molar-refractivity contribution in [1.29, 1.82) is 0 Å². The Morgan fingerprint density at radius 3 is 2.20 bits per heavy atom. The first-order valence-electron chi connectivity index (χ1n) is 9.47. The van der Waals surface area contributed by atoms with E-state index in [9.17, 15) is 9.59 Å². The van der Waals surface area contributed by atoms with Gasteiger partial charge in [0.1, 0.15) is 11.3 Å². The SMILES string of the molecule is Cc1cc(=O)oc2cc(OCC(=O)NN(c3ccccc3)c3ccccc3)ccc12. The molecule has 0 fully saturated rings. The van der Waals surface area contributed by atoms with Gasteiger partial charge in [0.05, 0.1) is 11.4 Å². The molecule has 0 aliphatic carbocycles. The van der Waals surface area contributed by atoms with Crippen LogP contribution < -0.4 is 20.8 Å². The number of hydrazine groups is 1. The number of amides is 1. The van der Waals surface area contributed by atoms with Gasteiger partial charge in [0, 0.05) is 17.5 Å². The average molecular weight is 400 g/mol. The van der Waals surface area contributed by atoms with Gasteiger partial charge in [-0.3, -0.25) is 15.2 Å². The number of aryl methyl sites for hydroxylation is 1. The van der Waals surface area contributed by atoms with Crippen LogP contribution in [0.3, 0.4) is 0 Å². The van der Waals surface area contributed by atoms with Crippen molar-refractivity contribution >= 4 is 28.3 Å². The number of hydrogen-bond acceptors (Lipinski definition) is 5. The van der Waals surface area contributed by atoms with Crippen molar-refractivity contribution in [2.75, 3.05) is 11.6 Å². The number of nitrogens with zero attached hydrogens (tertiary/aromatic N) is 1. The third-order valence-corrected chi connectivity index (χ3v) is 4.56. The first-order chi connectivity index (χ1) is 14.6. The van der Waals surface area contributed by atoms with E-state index in [-0.39, 0.29) is 12.5 Å². The van der Waals surface area contributed by atoms with E-state index in [0.29, 0.717) is 11.3 Å². The zero-order chi connectivity index (χ0) is 20.9. The maximum absolute atomic E-state index is 12.6. The summed E-state index contributed by atoms with van der Waals surface area (Å²) >= 11 is 0. The van der Waals surface area contributed by atoms with Gasteiger partial charge < -0.3 is 9.15 Å². The maximum atomic E-state index is 12.6. The normalized spacial score (nSPS) is 10.6. The molecular weight excluding hydrogens is 380 g/mol. The third kappa shape index (κ3) is 4.33. The monoisotopic (exact) mass is 400 g/mol. The number of rotatable bonds is 6. The molecule has 1 heterocycles. The molecule has 4 rings (SSSR count). The van der Waals surface area contributed by atoms with Crippen LogP contribution in [0.4, 0.5) is 11.4 Å². The molecule has 0 bridgehead atoms. The van der Waals surface area contributed by atoms with Crippen LogP contribution in [0.2, 0.25) is 0 Å². The van der Waals surface area contributed by atoms with E-state index in [2.05, 4.69) is 5.43 Å². The predicted octanol–water partition coefficient (Wildman–Crippen LogP) is 4.35. The van der Waals surface area contributed by atoms with Crippen molar-refractivity contribution in [2.24, 2.45) is 0 Å². The molecule has 30 heavy (non-hydrogen) atoms. The number of ether oxygens (including phenoxy) is 1. The molecule has 1 aromatic heterocycles. The third-order valence-electron chi connectivity index (χ3n) is 4.56. The molecule has 0 atom stereocenters. The number of carbonyl (C=O) groups is 1. The molecule has 0 saturated carbocycles. The van der Waals surface area contributed by atoms with Crippen LogP contribution in [-0.2, 0) is 4.79 Å². The molecule has 0 aliphatic rings. The van der Waals surface area contributed by atoms with Gasteiger partial charge in [-0.25, -0.2) is 4.79 Å². The van der Waals surface area contributed by atoms with Crippen LogP contribution in [0.1, 0.15) is 5.56 Å². The summed E-state index contributed by atoms with van der Waals surface area (Å²) in [5, 5.41) is 2.53. The van der Waals surface area contributed by atoms with Gasteiger partial charge in [-0.1, -0.05) is 36.4 Å². The van der Waals surface area contributed by atoms with E-state index < -0.39 is 5.63 Å². The summed E-state index contributed by atoms with van der Waals surface area (Å²) in [5.74, 6) is 0.117. The van der Waals surface area contributed by atoms with E-state index in [1.54, 1.807) is 23.2 Å². The van der Waals surface area contributed by atoms with Gasteiger partial charge in [-0.15, -0.1) is 0 Å². The lowest BCUT2D eigenvalue weighted by Crippen LogP contribution is -2.41. The van der Waals surface area contributed by atoms with Crippen molar-refractivity contribution in [1.82, 2.24) is 5.43 Å². The summed E-state index contributed by atoms with van der Waals surface area (Å²) < 4.78 is 10.9. The fourth-order valence-electron chi connectivity index (χ4n) is 3.13. The lowest BCUT2D eigenvalue weighted by Gasteiger charge is -2.25. The van der Waals surface area contributed by atoms with E-state index >= 15 is 0 Å². The summed E-state index contributed by atoms with van der Waals surface area (Å²) in [5.41, 5.74) is 5.34. The van der Waals surface area contributed by atoms with Crippen LogP contribution >= 0.6 is 0 Å². The first-order valence-corrected chi connectivity index (χ1v) is 9.47. The van der Waals surface area contributed by atoms with Crippen molar-refractivity contribution in [3.8, 4) is 5.75 Å². The Hall–Kier alpha value is -4.06. The zero-order valence-electron chi connectivity index (χ0n) is 16.4. The molecule has 0 unspecified atom stereocenters. The molecule has 0 saturated heterocycles. The van der Waals surface area contributed by atoms with Gasteiger partial charge in [-0.05, 0) is 48.9 Å². The topological polar surface area (TPSA) is 71.8 Å². The van der Waals surface area contributed by atoms with Crippen LogP contribution in [0.25, 0.3) is 11.0 Å². The van der Waals surface area contributed by atoms with Gasteiger partial charge >= 0.3 is 5.63 Å². The minimum Gasteiger partial charge on any atom is -0.484 e. The summed E-state index contributed by atoms with van der Waals surface area (Å²) in [6, 6.07) is 25.7. The quantitative estimate of drug-likeness (QED) is 0.385. The highest BCUT2D eigenvalue weighted by atomic mass is 16.5. The molecule has 6 heteroatoms. The van der Waals surface area contributed by atoms with E-state index in [0.717, 1.165) is 22.3 Å². The Bertz CT molecular complexity index is 1180. The largest absolute Gasteiger partial charge is 0.484 e. The summed E-state index contributed by atoms with van der Waals surface area (Å²) in [6.45, 7) is 1.65. The number of anilines is 2. The number of fused-ring (bicyclic) bond motifs is 1. The van der Waals surface area contributed by atoms with Crippen LogP contribution in [-0.4, -0.2) is 12.5 Å². The Morgan fingerprint density at radius 2 is 1.57 bits per heavy atom. The van der Waals surface area contributed by atoms with Crippen molar-refractivity contribution in [2.45, 2.75) is 6.92 Å². The second-order valence-electron chi connectivity index (χ2n) is 6.74. The van der Waals surface area contributed by atoms with E-state index in [1.807, 2.05) is 67.6 Å². The zero-order valence-corrected chi connectivity index (χ0v) is 16.4. The highest BCUT2D eigenvalue weighted by molar-refractivity contribution is 5.83. The molecule has 0 spiro atoms. The lowest BCUT2D eigenvalue weighted by atomic mass is 10.1. The fraction of sp³-hybridized carbons (Fsp3) is 0.0833. The molecule has 0 radical (unpaired) electrons. The molecule has 3 aromatic carbocycles. The smallest absolute Gasteiger partial charge is 0.336 e. The first kappa shape index (κ1) is 19.3. The number of benzene rings is 3. The summed E-state index contributed by atoms with van der Waals surface area (Å²) in [7, 11) is 0. The van der Waals surface area contributed by atoms with Gasteiger partial charge in [0.2, 0.25) is 0 Å². The lowest BCUT2D eigenvalue weighted by molar-refractivity contribution is -0.123. The Labute approximate surface area is 173 Å². The molecular formula is C24H20N2O4. The van der Waals surface area contributed by atoms with Gasteiger partial charge in [0.15, 0.2) is 6.61 Å². The molecule has 0 aliphatic heterocycles. The molecule has 4 aromatic rings. The second kappa shape index (κ2) is 8.53. The Kier molecular flexibility index (Phi) is 5.48. The average Bonchev–Trinajstić information content (AvgIpc) is 2.77. The maximum Gasteiger partial charge on any atom is 0.336 e. The minimum absolute atomic E-state index is 0.197. The predicted molar refractivity (Wildman–Crippen MR) is 116 cm³/mol. The Balaban J connectivity index is 1.49. The van der Waals surface area contributed by atoms with Gasteiger partial charge in [-0.2, -0.15) is 0 Å². The highest BCUT2D eigenvalue weighted by Gasteiger charge is 2.13. The van der Waals surface area contributed by atoms with Gasteiger partial charge in [0.25, 0.3) is 5.91 Å². The van der Waals surface area contributed by atoms with Crippen molar-refractivity contribution in [3.05, 3.63) is 101 Å². The number of carbonyl (C=O) groups excluding carboxylic acids is 1. The Morgan fingerprint density at radius 1 is 0.933 bits per heavy atom. The molecule has 6 nitrogen and oxygen atoms in total. The highest BCUT2D eigenvalue weighted by Crippen LogP contribution is 2.23.